The zero-order valence-electron chi connectivity index (χ0n) is 42.8. The molecule has 1 heteroatoms. The lowest BCUT2D eigenvalue weighted by Gasteiger charge is -2.18. The Morgan fingerprint density at radius 2 is 0.907 bits per heavy atom. The summed E-state index contributed by atoms with van der Waals surface area (Å²) in [4.78, 5) is 0. The summed E-state index contributed by atoms with van der Waals surface area (Å²) >= 11 is 0. The Morgan fingerprint density at radius 1 is 0.372 bits per heavy atom. The highest BCUT2D eigenvalue weighted by Crippen LogP contribution is 2.45. The van der Waals surface area contributed by atoms with Gasteiger partial charge in [-0.1, -0.05) is 139 Å². The first-order chi connectivity index (χ1) is 30.0. The van der Waals surface area contributed by atoms with Crippen molar-refractivity contribution in [1.82, 2.24) is 0 Å². The summed E-state index contributed by atoms with van der Waals surface area (Å²) in [6.45, 7) is 0. The zero-order valence-corrected chi connectivity index (χ0v) is 21.8. The fraction of sp³-hybridized carbons (Fsp3) is 0. The third-order valence-corrected chi connectivity index (χ3v) is 7.34. The van der Waals surface area contributed by atoms with E-state index in [1.165, 1.54) is 24.3 Å². The molecule has 0 saturated heterocycles. The van der Waals surface area contributed by atoms with Crippen LogP contribution in [-0.4, -0.2) is 0 Å². The van der Waals surface area contributed by atoms with Crippen molar-refractivity contribution >= 4 is 54.3 Å². The Hall–Kier alpha value is -5.66. The van der Waals surface area contributed by atoms with E-state index in [0.717, 1.165) is 6.07 Å². The summed E-state index contributed by atoms with van der Waals surface area (Å²) in [5, 5.41) is -1.28. The molecule has 1 heterocycles. The van der Waals surface area contributed by atoms with Gasteiger partial charge < -0.3 is 4.42 Å². The lowest BCUT2D eigenvalue weighted by atomic mass is 9.85. The van der Waals surface area contributed by atoms with Gasteiger partial charge in [0.05, 0.1) is 28.8 Å². The van der Waals surface area contributed by atoms with E-state index in [4.69, 9.17) is 25.0 Å². The summed E-state index contributed by atoms with van der Waals surface area (Å²) in [5.41, 5.74) is -2.41. The summed E-state index contributed by atoms with van der Waals surface area (Å²) in [5.74, 6) is 0. The minimum Gasteiger partial charge on any atom is -0.456 e. The first kappa shape index (κ1) is 11.2. The minimum atomic E-state index is -0.735. The molecule has 0 bridgehead atoms. The molecule has 0 unspecified atom stereocenters. The van der Waals surface area contributed by atoms with Gasteiger partial charge in [0.1, 0.15) is 11.2 Å². The van der Waals surface area contributed by atoms with Crippen LogP contribution >= 0.6 is 0 Å². The molecule has 43 heavy (non-hydrogen) atoms. The maximum atomic E-state index is 9.57. The fourth-order valence-electron chi connectivity index (χ4n) is 5.48. The molecule has 0 aliphatic rings. The Labute approximate surface area is 278 Å². The molecule has 200 valence electrons. The van der Waals surface area contributed by atoms with Gasteiger partial charge in [0, 0.05) is 10.8 Å². The monoisotopic (exact) mass is 567 g/mol. The average Bonchev–Trinajstić information content (AvgIpc) is 3.66. The smallest absolute Gasteiger partial charge is 0.135 e. The van der Waals surface area contributed by atoms with E-state index in [1.54, 1.807) is 0 Å². The fourth-order valence-corrected chi connectivity index (χ4v) is 5.48. The number of fused-ring (bicyclic) bond motifs is 6. The zero-order chi connectivity index (χ0) is 46.6. The van der Waals surface area contributed by atoms with Gasteiger partial charge in [0.15, 0.2) is 0 Å². The van der Waals surface area contributed by atoms with Gasteiger partial charge in [-0.2, -0.15) is 0 Å². The van der Waals surface area contributed by atoms with Crippen LogP contribution in [0.15, 0.2) is 162 Å². The second-order valence-corrected chi connectivity index (χ2v) is 9.65. The number of hydrogen-bond donors (Lipinski definition) is 0. The van der Waals surface area contributed by atoms with E-state index < -0.39 is 114 Å². The third-order valence-electron chi connectivity index (χ3n) is 7.34. The van der Waals surface area contributed by atoms with Crippen molar-refractivity contribution in [3.8, 4) is 33.4 Å². The molecule has 1 aromatic heterocycles. The Morgan fingerprint density at radius 3 is 1.63 bits per heavy atom. The molecule has 0 saturated carbocycles. The molecule has 0 spiro atoms. The van der Waals surface area contributed by atoms with Crippen LogP contribution in [-0.2, 0) is 0 Å². The van der Waals surface area contributed by atoms with Crippen molar-refractivity contribution in [2.45, 2.75) is 0 Å². The number of furan rings is 1. The van der Waals surface area contributed by atoms with Crippen LogP contribution in [0.2, 0.25) is 0 Å². The third kappa shape index (κ3) is 3.72. The van der Waals surface area contributed by atoms with Gasteiger partial charge in [-0.05, 0) is 83.8 Å². The van der Waals surface area contributed by atoms with Gasteiger partial charge in [-0.15, -0.1) is 0 Å². The van der Waals surface area contributed by atoms with E-state index in [0.29, 0.717) is 0 Å². The van der Waals surface area contributed by atoms with Crippen molar-refractivity contribution in [3.63, 3.8) is 0 Å². The number of hydrogen-bond acceptors (Lipinski definition) is 1. The van der Waals surface area contributed by atoms with E-state index in [-0.39, 0.29) is 101 Å². The van der Waals surface area contributed by atoms with E-state index in [2.05, 4.69) is 0 Å². The van der Waals surface area contributed by atoms with Crippen LogP contribution in [0.4, 0.5) is 0 Å². The van der Waals surface area contributed by atoms with Gasteiger partial charge in [-0.25, -0.2) is 0 Å². The highest BCUT2D eigenvalue weighted by molar-refractivity contribution is 6.22. The predicted octanol–water partition coefficient (Wildman–Crippen LogP) is 12.0. The number of para-hydroxylation sites is 1. The van der Waals surface area contributed by atoms with Crippen molar-refractivity contribution in [1.29, 1.82) is 0 Å². The second-order valence-electron chi connectivity index (χ2n) is 9.65. The molecule has 0 atom stereocenters. The molecule has 9 aromatic rings. The van der Waals surface area contributed by atoms with Crippen LogP contribution in [0.25, 0.3) is 87.6 Å². The summed E-state index contributed by atoms with van der Waals surface area (Å²) in [6.07, 6.45) is 0. The molecule has 9 rings (SSSR count). The van der Waals surface area contributed by atoms with Gasteiger partial charge >= 0.3 is 0 Å². The van der Waals surface area contributed by atoms with Gasteiger partial charge in [0.2, 0.25) is 0 Å². The highest BCUT2D eigenvalue weighted by Gasteiger charge is 2.18. The van der Waals surface area contributed by atoms with Crippen LogP contribution in [0, 0.1) is 0 Å². The van der Waals surface area contributed by atoms with Crippen LogP contribution in [0.5, 0.6) is 0 Å². The number of rotatable bonds is 3. The summed E-state index contributed by atoms with van der Waals surface area (Å²) in [7, 11) is 0. The summed E-state index contributed by atoms with van der Waals surface area (Å²) in [6, 6.07) is -6.63. The highest BCUT2D eigenvalue weighted by atomic mass is 16.3. The van der Waals surface area contributed by atoms with Crippen molar-refractivity contribution in [2.24, 2.45) is 0 Å². The number of benzene rings is 8. The normalized spacial score (nSPS) is 18.6. The van der Waals surface area contributed by atoms with Crippen LogP contribution < -0.4 is 0 Å². The first-order valence-corrected chi connectivity index (χ1v) is 13.0. The summed E-state index contributed by atoms with van der Waals surface area (Å²) < 4.78 is 190. The SMILES string of the molecule is [2H]c1cc2c(-c3c([2H])c([2H])c(-c4cc([2H])c([2H])c5c([2H])c([2H])c([2H])c([2H])c45)c([2H])c3[2H])c3cc([2H])c([2H])cc3c(-c3c([2H])c([2H])c4oc5c([2H])c([2H])c([2H])c([2H])c5c4c3[2H])c2cc1[2H]. The maximum absolute atomic E-state index is 9.57. The molecular formula is C42H26O. The predicted molar refractivity (Wildman–Crippen MR) is 183 cm³/mol. The van der Waals surface area contributed by atoms with Gasteiger partial charge in [0.25, 0.3) is 0 Å². The van der Waals surface area contributed by atoms with Gasteiger partial charge in [-0.3, -0.25) is 0 Å². The first-order valence-electron chi connectivity index (χ1n) is 23.5. The van der Waals surface area contributed by atoms with Crippen molar-refractivity contribution in [3.05, 3.63) is 157 Å². The standard InChI is InChI=1S/C42H26O/c1-2-12-31-27(10-1)11-9-18-32(31)28-20-22-29(23-21-28)41-34-14-3-5-16-36(34)42(37-17-6-4-15-35(37)41)30-24-25-40-38(26-30)33-13-7-8-19-39(33)43-40/h1-26H/i1D,2D,3D,4D,5D,6D,7D,8D,9D,10D,11D,12D,13D,19D,20D,21D,22D,23D,24D,25D,26D. The Balaban J connectivity index is 1.46. The molecule has 0 radical (unpaired) electrons. The maximum Gasteiger partial charge on any atom is 0.135 e. The molecule has 8 aromatic carbocycles. The largest absolute Gasteiger partial charge is 0.456 e. The van der Waals surface area contributed by atoms with Crippen molar-refractivity contribution < 1.29 is 33.2 Å². The average molecular weight is 568 g/mol. The Bertz CT molecular complexity index is 3590. The van der Waals surface area contributed by atoms with E-state index >= 15 is 0 Å². The topological polar surface area (TPSA) is 13.1 Å². The van der Waals surface area contributed by atoms with E-state index in [1.807, 2.05) is 0 Å². The second kappa shape index (κ2) is 9.44. The molecule has 0 fully saturated rings. The molecule has 1 nitrogen and oxygen atoms in total. The quantitative estimate of drug-likeness (QED) is 0.194. The van der Waals surface area contributed by atoms with Crippen molar-refractivity contribution in [2.75, 3.05) is 0 Å². The molecule has 0 amide bonds. The molecule has 0 N–H and O–H groups in total. The molecule has 0 aliphatic carbocycles. The lowest BCUT2D eigenvalue weighted by molar-refractivity contribution is 0.669. The van der Waals surface area contributed by atoms with Crippen LogP contribution in [0.3, 0.4) is 0 Å². The van der Waals surface area contributed by atoms with E-state index in [9.17, 15) is 8.22 Å². The lowest BCUT2D eigenvalue weighted by Crippen LogP contribution is -1.91. The minimum absolute atomic E-state index is 0.0242. The van der Waals surface area contributed by atoms with Crippen LogP contribution in [0.1, 0.15) is 28.8 Å². The Kier molecular flexibility index (Phi) is 2.46. The molecular weight excluding hydrogens is 520 g/mol. The molecule has 0 aliphatic heterocycles.